The Hall–Kier alpha value is -2.90. The summed E-state index contributed by atoms with van der Waals surface area (Å²) in [4.78, 5) is 24.8. The number of para-hydroxylation sites is 2. The van der Waals surface area contributed by atoms with Gasteiger partial charge in [-0.15, -0.1) is 0 Å². The van der Waals surface area contributed by atoms with Gasteiger partial charge in [0.2, 0.25) is 11.8 Å². The van der Waals surface area contributed by atoms with Crippen LogP contribution >= 0.6 is 0 Å². The molecule has 2 atom stereocenters. The normalized spacial score (nSPS) is 20.4. The third kappa shape index (κ3) is 5.26. The molecule has 0 saturated carbocycles. The largest absolute Gasteiger partial charge is 0.457 e. The van der Waals surface area contributed by atoms with Gasteiger partial charge in [-0.3, -0.25) is 9.59 Å². The van der Waals surface area contributed by atoms with Crippen LogP contribution in [0.2, 0.25) is 0 Å². The topological polar surface area (TPSA) is 88.7 Å². The fraction of sp³-hybridized carbons (Fsp3) is 0.481. The van der Waals surface area contributed by atoms with E-state index in [4.69, 9.17) is 9.47 Å². The molecule has 3 N–H and O–H groups in total. The Morgan fingerprint density at radius 2 is 1.74 bits per heavy atom. The van der Waals surface area contributed by atoms with Crippen LogP contribution in [0, 0.1) is 5.92 Å². The quantitative estimate of drug-likeness (QED) is 0.495. The molecule has 0 aliphatic carbocycles. The maximum absolute atomic E-state index is 13.3. The maximum Gasteiger partial charge on any atom is 0.224 e. The van der Waals surface area contributed by atoms with Crippen molar-refractivity contribution in [1.82, 2.24) is 16.0 Å². The second-order valence-electron chi connectivity index (χ2n) is 9.33. The van der Waals surface area contributed by atoms with Crippen molar-refractivity contribution in [2.24, 2.45) is 5.92 Å². The van der Waals surface area contributed by atoms with Gasteiger partial charge in [-0.05, 0) is 37.8 Å². The van der Waals surface area contributed by atoms with Gasteiger partial charge in [0.1, 0.15) is 11.5 Å². The Balaban J connectivity index is 1.59. The molecule has 2 aliphatic rings. The van der Waals surface area contributed by atoms with Crippen LogP contribution in [-0.4, -0.2) is 51.2 Å². The fourth-order valence-electron chi connectivity index (χ4n) is 5.31. The van der Waals surface area contributed by atoms with E-state index < -0.39 is 5.41 Å². The number of benzene rings is 2. The SMILES string of the molecule is COCCCCC1(CNC(=O)[C@@H]2CNC[C@H](NC(C)=O)C2)c2ccccc2Oc2ccccc21. The van der Waals surface area contributed by atoms with Gasteiger partial charge in [0.25, 0.3) is 0 Å². The summed E-state index contributed by atoms with van der Waals surface area (Å²) in [5.41, 5.74) is 1.81. The molecular formula is C27H35N3O4. The summed E-state index contributed by atoms with van der Waals surface area (Å²) in [6, 6.07) is 16.2. The van der Waals surface area contributed by atoms with Gasteiger partial charge in [0.15, 0.2) is 0 Å². The van der Waals surface area contributed by atoms with E-state index in [1.54, 1.807) is 7.11 Å². The minimum Gasteiger partial charge on any atom is -0.457 e. The lowest BCUT2D eigenvalue weighted by Crippen LogP contribution is -2.53. The summed E-state index contributed by atoms with van der Waals surface area (Å²) in [5.74, 6) is 1.43. The zero-order valence-electron chi connectivity index (χ0n) is 20.1. The van der Waals surface area contributed by atoms with Crippen LogP contribution in [0.3, 0.4) is 0 Å². The molecular weight excluding hydrogens is 430 g/mol. The number of methoxy groups -OCH3 is 1. The molecule has 4 rings (SSSR count). The van der Waals surface area contributed by atoms with Gasteiger partial charge in [0.05, 0.1) is 5.92 Å². The number of piperidine rings is 1. The van der Waals surface area contributed by atoms with Crippen molar-refractivity contribution < 1.29 is 19.1 Å². The monoisotopic (exact) mass is 465 g/mol. The maximum atomic E-state index is 13.3. The predicted octanol–water partition coefficient (Wildman–Crippen LogP) is 3.13. The Bertz CT molecular complexity index is 963. The molecule has 0 unspecified atom stereocenters. The summed E-state index contributed by atoms with van der Waals surface area (Å²) in [6.07, 6.45) is 3.41. The number of hydrogen-bond donors (Lipinski definition) is 3. The summed E-state index contributed by atoms with van der Waals surface area (Å²) in [7, 11) is 1.72. The van der Waals surface area contributed by atoms with Crippen molar-refractivity contribution in [3.8, 4) is 11.5 Å². The van der Waals surface area contributed by atoms with Crippen molar-refractivity contribution in [3.63, 3.8) is 0 Å². The first-order valence-electron chi connectivity index (χ1n) is 12.1. The highest BCUT2D eigenvalue weighted by Crippen LogP contribution is 2.50. The molecule has 0 aromatic heterocycles. The number of carbonyl (C=O) groups is 2. The van der Waals surface area contributed by atoms with E-state index in [-0.39, 0.29) is 23.8 Å². The van der Waals surface area contributed by atoms with Crippen LogP contribution in [0.5, 0.6) is 11.5 Å². The van der Waals surface area contributed by atoms with E-state index in [1.807, 2.05) is 36.4 Å². The van der Waals surface area contributed by atoms with Gasteiger partial charge in [-0.2, -0.15) is 0 Å². The van der Waals surface area contributed by atoms with Crippen molar-refractivity contribution in [2.75, 3.05) is 33.4 Å². The molecule has 1 saturated heterocycles. The first-order valence-corrected chi connectivity index (χ1v) is 12.1. The standard InChI is InChI=1S/C27H35N3O4/c1-19(31)30-21-15-20(16-28-17-21)26(32)29-18-27(13-7-8-14-33-2)22-9-3-5-11-24(22)34-25-12-6-4-10-23(25)27/h3-6,9-12,20-21,28H,7-8,13-18H2,1-2H3,(H,29,32)(H,30,31)/t20-,21+/m0/s1. The number of rotatable bonds is 9. The van der Waals surface area contributed by atoms with Crippen LogP contribution in [0.1, 0.15) is 43.7 Å². The minimum absolute atomic E-state index is 0.0141. The number of nitrogens with one attached hydrogen (secondary N) is 3. The van der Waals surface area contributed by atoms with Crippen LogP contribution in [0.15, 0.2) is 48.5 Å². The zero-order valence-corrected chi connectivity index (χ0v) is 20.1. The van der Waals surface area contributed by atoms with Crippen molar-refractivity contribution in [1.29, 1.82) is 0 Å². The fourth-order valence-corrected chi connectivity index (χ4v) is 5.31. The molecule has 7 heteroatoms. The zero-order chi connectivity index (χ0) is 24.0. The van der Waals surface area contributed by atoms with Crippen LogP contribution in [-0.2, 0) is 19.7 Å². The summed E-state index contributed by atoms with van der Waals surface area (Å²) >= 11 is 0. The third-order valence-electron chi connectivity index (χ3n) is 6.92. The molecule has 2 aromatic carbocycles. The molecule has 1 fully saturated rings. The molecule has 7 nitrogen and oxygen atoms in total. The van der Waals surface area contributed by atoms with Gasteiger partial charge in [-0.1, -0.05) is 36.4 Å². The highest BCUT2D eigenvalue weighted by Gasteiger charge is 2.42. The van der Waals surface area contributed by atoms with Crippen LogP contribution in [0.25, 0.3) is 0 Å². The van der Waals surface area contributed by atoms with E-state index in [0.717, 1.165) is 41.9 Å². The number of hydrogen-bond acceptors (Lipinski definition) is 5. The molecule has 2 amide bonds. The van der Waals surface area contributed by atoms with E-state index in [2.05, 4.69) is 28.1 Å². The molecule has 0 radical (unpaired) electrons. The Morgan fingerprint density at radius 3 is 2.38 bits per heavy atom. The van der Waals surface area contributed by atoms with E-state index >= 15 is 0 Å². The highest BCUT2D eigenvalue weighted by molar-refractivity contribution is 5.80. The smallest absolute Gasteiger partial charge is 0.224 e. The predicted molar refractivity (Wildman–Crippen MR) is 131 cm³/mol. The van der Waals surface area contributed by atoms with Crippen molar-refractivity contribution in [3.05, 3.63) is 59.7 Å². The van der Waals surface area contributed by atoms with Crippen molar-refractivity contribution in [2.45, 2.75) is 44.1 Å². The van der Waals surface area contributed by atoms with Gasteiger partial charge in [0, 0.05) is 62.9 Å². The van der Waals surface area contributed by atoms with E-state index in [9.17, 15) is 9.59 Å². The second-order valence-corrected chi connectivity index (χ2v) is 9.33. The average Bonchev–Trinajstić information content (AvgIpc) is 2.85. The third-order valence-corrected chi connectivity index (χ3v) is 6.92. The number of ether oxygens (including phenoxy) is 2. The Morgan fingerprint density at radius 1 is 1.06 bits per heavy atom. The number of unbranched alkanes of at least 4 members (excludes halogenated alkanes) is 1. The second kappa shape index (κ2) is 11.0. The Kier molecular flexibility index (Phi) is 7.85. The number of amides is 2. The van der Waals surface area contributed by atoms with Crippen molar-refractivity contribution >= 4 is 11.8 Å². The summed E-state index contributed by atoms with van der Waals surface area (Å²) < 4.78 is 11.5. The van der Waals surface area contributed by atoms with Gasteiger partial charge >= 0.3 is 0 Å². The lowest BCUT2D eigenvalue weighted by atomic mass is 9.69. The first-order chi connectivity index (χ1) is 16.5. The van der Waals surface area contributed by atoms with Gasteiger partial charge in [-0.25, -0.2) is 0 Å². The molecule has 0 spiro atoms. The first kappa shape index (κ1) is 24.2. The summed E-state index contributed by atoms with van der Waals surface area (Å²) in [6.45, 7) is 4.00. The molecule has 182 valence electrons. The Labute approximate surface area is 201 Å². The number of fused-ring (bicyclic) bond motifs is 2. The lowest BCUT2D eigenvalue weighted by Gasteiger charge is -2.41. The average molecular weight is 466 g/mol. The molecule has 2 heterocycles. The van der Waals surface area contributed by atoms with Crippen LogP contribution < -0.4 is 20.7 Å². The molecule has 2 aliphatic heterocycles. The van der Waals surface area contributed by atoms with E-state index in [1.165, 1.54) is 6.92 Å². The molecule has 34 heavy (non-hydrogen) atoms. The van der Waals surface area contributed by atoms with E-state index in [0.29, 0.717) is 32.7 Å². The van der Waals surface area contributed by atoms with Crippen LogP contribution in [0.4, 0.5) is 0 Å². The number of carbonyl (C=O) groups excluding carboxylic acids is 2. The molecule has 2 aromatic rings. The molecule has 0 bridgehead atoms. The summed E-state index contributed by atoms with van der Waals surface area (Å²) in [5, 5.41) is 9.51. The highest BCUT2D eigenvalue weighted by atomic mass is 16.5. The van der Waals surface area contributed by atoms with Gasteiger partial charge < -0.3 is 25.4 Å². The minimum atomic E-state index is -0.395. The lowest BCUT2D eigenvalue weighted by molar-refractivity contribution is -0.127.